The van der Waals surface area contributed by atoms with E-state index in [0.29, 0.717) is 158 Å². The first-order chi connectivity index (χ1) is 37.4. The number of nitrogens with zero attached hydrogens (tertiary/aromatic N) is 2. The van der Waals surface area contributed by atoms with Crippen LogP contribution in [-0.2, 0) is 58.3 Å². The molecular formula is C51H103N2O17P. The van der Waals surface area contributed by atoms with Gasteiger partial charge in [0.15, 0.2) is 0 Å². The highest BCUT2D eigenvalue weighted by Gasteiger charge is 2.34. The summed E-state index contributed by atoms with van der Waals surface area (Å²) in [5.74, 6) is 0. The molecular weight excluding hydrogens is 944 g/mol. The Hall–Kier alpha value is -1.58. The maximum Gasteiger partial charge on any atom is 0.259 e. The van der Waals surface area contributed by atoms with Gasteiger partial charge >= 0.3 is 0 Å². The van der Waals surface area contributed by atoms with Crippen LogP contribution in [0.1, 0.15) is 116 Å². The largest absolute Gasteiger partial charge is 0.400 e. The molecule has 0 heterocycles. The minimum atomic E-state index is -1.30. The Bertz CT molecular complexity index is 1250. The Kier molecular flexibility index (Phi) is 53.2. The first-order valence-electron chi connectivity index (χ1n) is 28.0. The van der Waals surface area contributed by atoms with Crippen LogP contribution in [0.15, 0.2) is 30.3 Å². The van der Waals surface area contributed by atoms with Crippen molar-refractivity contribution in [2.75, 3.05) is 153 Å². The standard InChI is InChI=1S/C25H51N2O6P.C23H40O8.3CH4O/c1-8-14-28-20-25(21-29-15-9-2,22-30-16-10-3)31-17-12-19-33-34(32-18-11-13-26)27(23(4)5)24(6)7;24-10-4-13-28-19-23(20-29-14-5-11-25,21-30-15-6-12-26)31-17-7-16-27-18-22-8-2-1-3-9-22;3*1-2/h23-24H,8-12,14-22H2,1-7H3;1-3,8-9,24-26H,4-7,10-21H2;3*2H,1H3/i1D,2D,3D;;3*2T. The highest BCUT2D eigenvalue weighted by atomic mass is 31.2. The number of aliphatic hydroxyl groups is 6. The zero-order valence-corrected chi connectivity index (χ0v) is 45.7. The number of hydrogen-bond donors (Lipinski definition) is 6. The van der Waals surface area contributed by atoms with Gasteiger partial charge in [-0.05, 0) is 84.6 Å². The Labute approximate surface area is 439 Å². The number of ether oxygens (including phenoxy) is 9. The first-order valence-corrected chi connectivity index (χ1v) is 25.8. The van der Waals surface area contributed by atoms with Gasteiger partial charge in [0.2, 0.25) is 4.29 Å². The zero-order chi connectivity index (χ0) is 58.4. The number of hydrogen-bond acceptors (Lipinski definition) is 19. The minimum absolute atomic E-state index is 0.0621. The lowest BCUT2D eigenvalue weighted by molar-refractivity contribution is -0.169. The number of rotatable bonds is 46. The van der Waals surface area contributed by atoms with Crippen LogP contribution < -0.4 is 0 Å². The summed E-state index contributed by atoms with van der Waals surface area (Å²) in [5, 5.41) is 46.3. The Balaban J connectivity index is -0.000000604. The summed E-state index contributed by atoms with van der Waals surface area (Å²) in [6, 6.07) is 12.6. The SMILES string of the molecule is OCCCOCC(COCCCO)(COCCCO)OCCCOCc1ccccc1.[2H]CCCOCC(COCCC[2H])(COCCC[2H])OCCCOP(OCCC#N)N(C(C)C)C(C)C.[3H]OC.[3H]OC.[3H]OC. The number of benzene rings is 1. The molecule has 0 fully saturated rings. The Morgan fingerprint density at radius 2 is 0.930 bits per heavy atom. The van der Waals surface area contributed by atoms with E-state index < -0.39 is 19.7 Å². The maximum absolute atomic E-state index is 8.98. The zero-order valence-electron chi connectivity index (χ0n) is 50.8. The third-order valence-electron chi connectivity index (χ3n) is 8.91. The third kappa shape index (κ3) is 45.5. The van der Waals surface area contributed by atoms with Crippen molar-refractivity contribution in [3.8, 4) is 6.07 Å². The van der Waals surface area contributed by atoms with Gasteiger partial charge in [0.05, 0.1) is 72.0 Å². The van der Waals surface area contributed by atoms with Gasteiger partial charge in [-0.25, -0.2) is 4.67 Å². The Morgan fingerprint density at radius 1 is 0.563 bits per heavy atom. The molecule has 0 radical (unpaired) electrons. The fraction of sp³-hybridized carbons (Fsp3) is 0.863. The molecule has 0 bridgehead atoms. The average molecular weight is 1060 g/mol. The average Bonchev–Trinajstić information content (AvgIpc) is 3.41. The van der Waals surface area contributed by atoms with Crippen molar-refractivity contribution < 1.29 is 86.4 Å². The predicted octanol–water partition coefficient (Wildman–Crippen LogP) is 6.08. The fourth-order valence-corrected chi connectivity index (χ4v) is 7.50. The van der Waals surface area contributed by atoms with E-state index in [0.717, 1.165) is 5.56 Å². The molecule has 0 aliphatic rings. The van der Waals surface area contributed by atoms with Crippen molar-refractivity contribution in [1.82, 2.24) is 4.67 Å². The van der Waals surface area contributed by atoms with Crippen molar-refractivity contribution in [3.63, 3.8) is 0 Å². The lowest BCUT2D eigenvalue weighted by Crippen LogP contribution is -2.48. The summed E-state index contributed by atoms with van der Waals surface area (Å²) in [5.41, 5.74) is -0.494. The lowest BCUT2D eigenvalue weighted by Gasteiger charge is -2.36. The first kappa shape index (κ1) is 63.7. The molecule has 1 unspecified atom stereocenters. The summed E-state index contributed by atoms with van der Waals surface area (Å²) in [6.45, 7) is 16.4. The van der Waals surface area contributed by atoms with Crippen molar-refractivity contribution >= 4 is 8.53 Å². The van der Waals surface area contributed by atoms with Gasteiger partial charge in [0.25, 0.3) is 8.53 Å². The van der Waals surface area contributed by atoms with Gasteiger partial charge in [-0.1, -0.05) is 51.0 Å². The summed E-state index contributed by atoms with van der Waals surface area (Å²) >= 11 is 0. The summed E-state index contributed by atoms with van der Waals surface area (Å²) in [7, 11) is 2.57. The van der Waals surface area contributed by atoms with Gasteiger partial charge in [0, 0.05) is 117 Å². The van der Waals surface area contributed by atoms with Crippen molar-refractivity contribution in [3.05, 3.63) is 35.9 Å². The van der Waals surface area contributed by atoms with E-state index in [2.05, 4.69) is 53.8 Å². The van der Waals surface area contributed by atoms with E-state index in [1.54, 1.807) is 0 Å². The van der Waals surface area contributed by atoms with Crippen molar-refractivity contribution in [2.45, 2.75) is 136 Å². The molecule has 0 saturated heterocycles. The van der Waals surface area contributed by atoms with Crippen LogP contribution in [0.25, 0.3) is 0 Å². The summed E-state index contributed by atoms with van der Waals surface area (Å²) in [6.07, 6.45) is 5.19. The molecule has 19 nitrogen and oxygen atoms in total. The molecule has 0 aliphatic heterocycles. The monoisotopic (exact) mass is 1060 g/mol. The normalized spacial score (nSPS) is 12.8. The van der Waals surface area contributed by atoms with Crippen LogP contribution in [0, 0.1) is 11.3 Å². The van der Waals surface area contributed by atoms with Crippen molar-refractivity contribution in [2.24, 2.45) is 0 Å². The second-order valence-electron chi connectivity index (χ2n) is 15.8. The van der Waals surface area contributed by atoms with Gasteiger partial charge in [-0.2, -0.15) is 5.26 Å². The van der Waals surface area contributed by atoms with Crippen molar-refractivity contribution in [1.29, 1.82) is 9.56 Å². The van der Waals surface area contributed by atoms with Gasteiger partial charge in [-0.15, -0.1) is 0 Å². The van der Waals surface area contributed by atoms with Crippen LogP contribution in [0.3, 0.4) is 0 Å². The quantitative estimate of drug-likeness (QED) is 0.0320. The minimum Gasteiger partial charge on any atom is -0.400 e. The second-order valence-corrected chi connectivity index (χ2v) is 17.2. The molecule has 424 valence electrons. The highest BCUT2D eigenvalue weighted by Crippen LogP contribution is 2.46. The smallest absolute Gasteiger partial charge is 0.259 e. The molecule has 0 aliphatic carbocycles. The van der Waals surface area contributed by atoms with E-state index >= 15 is 0 Å². The highest BCUT2D eigenvalue weighted by molar-refractivity contribution is 7.44. The van der Waals surface area contributed by atoms with E-state index in [9.17, 15) is 0 Å². The fourth-order valence-electron chi connectivity index (χ4n) is 5.87. The van der Waals surface area contributed by atoms with E-state index in [-0.39, 0.29) is 71.5 Å². The van der Waals surface area contributed by atoms with E-state index in [4.69, 9.17) is 80.7 Å². The molecule has 1 rings (SSSR count). The van der Waals surface area contributed by atoms with Crippen LogP contribution in [-0.4, -0.2) is 216 Å². The predicted molar refractivity (Wildman–Crippen MR) is 279 cm³/mol. The third-order valence-corrected chi connectivity index (χ3v) is 11.0. The van der Waals surface area contributed by atoms with Crippen LogP contribution >= 0.6 is 8.53 Å². The summed E-state index contributed by atoms with van der Waals surface area (Å²) in [4.78, 5) is 0. The molecule has 0 amide bonds. The molecule has 0 aromatic heterocycles. The molecule has 1 aromatic carbocycles. The van der Waals surface area contributed by atoms with Crippen LogP contribution in [0.2, 0.25) is 0 Å². The van der Waals surface area contributed by atoms with Gasteiger partial charge in [-0.3, -0.25) is 0 Å². The molecule has 6 N–H and O–H groups in total. The molecule has 1 aromatic rings. The number of aliphatic hydroxyl groups excluding tert-OH is 6. The van der Waals surface area contributed by atoms with Gasteiger partial charge < -0.3 is 82.3 Å². The molecule has 71 heavy (non-hydrogen) atoms. The molecule has 1 atom stereocenters. The second kappa shape index (κ2) is 59.3. The van der Waals surface area contributed by atoms with E-state index in [1.165, 1.54) is 21.3 Å². The Morgan fingerprint density at radius 3 is 1.30 bits per heavy atom. The van der Waals surface area contributed by atoms with Crippen LogP contribution in [0.5, 0.6) is 0 Å². The lowest BCUT2D eigenvalue weighted by atomic mass is 10.1. The van der Waals surface area contributed by atoms with Gasteiger partial charge in [0.1, 0.15) is 11.2 Å². The topological polar surface area (TPSA) is 250 Å². The molecule has 20 heteroatoms. The maximum atomic E-state index is 8.98. The summed E-state index contributed by atoms with van der Waals surface area (Å²) < 4.78 is 106. The van der Waals surface area contributed by atoms with Crippen LogP contribution in [0.4, 0.5) is 0 Å². The van der Waals surface area contributed by atoms with E-state index in [1.807, 2.05) is 30.3 Å². The number of nitriles is 1. The molecule has 0 saturated carbocycles. The molecule has 0 spiro atoms.